The molecule has 1 unspecified atom stereocenters. The largest absolute Gasteiger partial charge is 0.324 e. The van der Waals surface area contributed by atoms with Crippen molar-refractivity contribution < 1.29 is 13.2 Å². The van der Waals surface area contributed by atoms with E-state index in [0.29, 0.717) is 24.7 Å². The number of carbonyl (C=O) groups is 1. The summed E-state index contributed by atoms with van der Waals surface area (Å²) >= 11 is 1.45. The SMILES string of the molecule is CC1CCN(S(=O)(=O)c2ccc3c(c2)NC(=O)C(C)S3)CC1. The van der Waals surface area contributed by atoms with Gasteiger partial charge in [0.2, 0.25) is 15.9 Å². The third-order valence-corrected chi connectivity index (χ3v) is 7.33. The molecule has 7 heteroatoms. The molecule has 1 aromatic carbocycles. The van der Waals surface area contributed by atoms with Crippen LogP contribution in [0.2, 0.25) is 0 Å². The monoisotopic (exact) mass is 340 g/mol. The minimum absolute atomic E-state index is 0.0844. The molecule has 1 atom stereocenters. The molecule has 1 saturated heterocycles. The summed E-state index contributed by atoms with van der Waals surface area (Å²) in [7, 11) is -3.48. The molecule has 5 nitrogen and oxygen atoms in total. The molecule has 22 heavy (non-hydrogen) atoms. The van der Waals surface area contributed by atoms with E-state index in [1.165, 1.54) is 11.8 Å². The molecule has 0 radical (unpaired) electrons. The van der Waals surface area contributed by atoms with Crippen LogP contribution in [-0.2, 0) is 14.8 Å². The highest BCUT2D eigenvalue weighted by molar-refractivity contribution is 8.01. The van der Waals surface area contributed by atoms with E-state index >= 15 is 0 Å². The van der Waals surface area contributed by atoms with E-state index in [2.05, 4.69) is 12.2 Å². The Hall–Kier alpha value is -1.05. The number of hydrogen-bond donors (Lipinski definition) is 1. The van der Waals surface area contributed by atoms with Crippen LogP contribution >= 0.6 is 11.8 Å². The lowest BCUT2D eigenvalue weighted by atomic mass is 10.0. The zero-order valence-electron chi connectivity index (χ0n) is 12.7. The zero-order valence-corrected chi connectivity index (χ0v) is 14.3. The molecule has 0 saturated carbocycles. The first-order valence-corrected chi connectivity index (χ1v) is 9.81. The molecule has 0 bridgehead atoms. The van der Waals surface area contributed by atoms with Crippen molar-refractivity contribution in [3.63, 3.8) is 0 Å². The summed E-state index contributed by atoms with van der Waals surface area (Å²) in [6.45, 7) is 5.12. The molecular weight excluding hydrogens is 320 g/mol. The maximum atomic E-state index is 12.7. The lowest BCUT2D eigenvalue weighted by Crippen LogP contribution is -2.38. The first-order valence-electron chi connectivity index (χ1n) is 7.49. The average Bonchev–Trinajstić information content (AvgIpc) is 2.48. The molecule has 1 fully saturated rings. The summed E-state index contributed by atoms with van der Waals surface area (Å²) in [5, 5.41) is 2.64. The van der Waals surface area contributed by atoms with E-state index in [0.717, 1.165) is 17.7 Å². The van der Waals surface area contributed by atoms with E-state index in [-0.39, 0.29) is 16.1 Å². The predicted molar refractivity (Wildman–Crippen MR) is 87.5 cm³/mol. The molecule has 2 aliphatic heterocycles. The number of sulfonamides is 1. The number of nitrogens with zero attached hydrogens (tertiary/aromatic N) is 1. The van der Waals surface area contributed by atoms with Gasteiger partial charge in [-0.05, 0) is 43.9 Å². The van der Waals surface area contributed by atoms with Gasteiger partial charge in [-0.2, -0.15) is 4.31 Å². The van der Waals surface area contributed by atoms with Gasteiger partial charge >= 0.3 is 0 Å². The van der Waals surface area contributed by atoms with Crippen LogP contribution in [0.15, 0.2) is 28.0 Å². The summed E-state index contributed by atoms with van der Waals surface area (Å²) in [6.07, 6.45) is 1.79. The average molecular weight is 340 g/mol. The quantitative estimate of drug-likeness (QED) is 0.898. The number of hydrogen-bond acceptors (Lipinski definition) is 4. The van der Waals surface area contributed by atoms with E-state index in [4.69, 9.17) is 0 Å². The molecule has 1 aromatic rings. The molecule has 0 aromatic heterocycles. The van der Waals surface area contributed by atoms with Crippen LogP contribution in [0, 0.1) is 5.92 Å². The Kier molecular flexibility index (Phi) is 4.22. The Labute approximate surface area is 135 Å². The number of piperidine rings is 1. The molecule has 1 amide bonds. The smallest absolute Gasteiger partial charge is 0.243 e. The number of thioether (sulfide) groups is 1. The van der Waals surface area contributed by atoms with Gasteiger partial charge in [0, 0.05) is 18.0 Å². The lowest BCUT2D eigenvalue weighted by Gasteiger charge is -2.30. The minimum atomic E-state index is -3.48. The summed E-state index contributed by atoms with van der Waals surface area (Å²) < 4.78 is 27.0. The molecular formula is C15H20N2O3S2. The first kappa shape index (κ1) is 15.8. The van der Waals surface area contributed by atoms with Gasteiger partial charge in [-0.15, -0.1) is 11.8 Å². The Morgan fingerprint density at radius 2 is 1.91 bits per heavy atom. The van der Waals surface area contributed by atoms with E-state index in [1.807, 2.05) is 6.92 Å². The second kappa shape index (κ2) is 5.86. The highest BCUT2D eigenvalue weighted by Crippen LogP contribution is 2.37. The molecule has 2 heterocycles. The van der Waals surface area contributed by atoms with Gasteiger partial charge < -0.3 is 5.32 Å². The van der Waals surface area contributed by atoms with Crippen molar-refractivity contribution in [3.05, 3.63) is 18.2 Å². The van der Waals surface area contributed by atoms with Crippen LogP contribution < -0.4 is 5.32 Å². The van der Waals surface area contributed by atoms with Crippen LogP contribution in [0.5, 0.6) is 0 Å². The van der Waals surface area contributed by atoms with Crippen LogP contribution in [0.25, 0.3) is 0 Å². The third kappa shape index (κ3) is 2.89. The van der Waals surface area contributed by atoms with Crippen LogP contribution in [-0.4, -0.2) is 37.0 Å². The van der Waals surface area contributed by atoms with Gasteiger partial charge in [-0.3, -0.25) is 4.79 Å². The summed E-state index contributed by atoms with van der Waals surface area (Å²) in [5.74, 6) is 0.492. The van der Waals surface area contributed by atoms with Gasteiger partial charge in [-0.25, -0.2) is 8.42 Å². The van der Waals surface area contributed by atoms with Crippen molar-refractivity contribution in [3.8, 4) is 0 Å². The maximum absolute atomic E-state index is 12.7. The van der Waals surface area contributed by atoms with E-state index in [9.17, 15) is 13.2 Å². The maximum Gasteiger partial charge on any atom is 0.243 e. The van der Waals surface area contributed by atoms with E-state index in [1.54, 1.807) is 22.5 Å². The molecule has 0 spiro atoms. The van der Waals surface area contributed by atoms with Gasteiger partial charge in [0.25, 0.3) is 0 Å². The molecule has 0 aliphatic carbocycles. The van der Waals surface area contributed by atoms with Crippen molar-refractivity contribution in [1.29, 1.82) is 0 Å². The van der Waals surface area contributed by atoms with Gasteiger partial charge in [-0.1, -0.05) is 6.92 Å². The Balaban J connectivity index is 1.89. The standard InChI is InChI=1S/C15H20N2O3S2/c1-10-5-7-17(8-6-10)22(19,20)12-3-4-14-13(9-12)16-15(18)11(2)21-14/h3-4,9-11H,5-8H2,1-2H3,(H,16,18). The van der Waals surface area contributed by atoms with Crippen molar-refractivity contribution >= 4 is 33.4 Å². The summed E-state index contributed by atoms with van der Waals surface area (Å²) in [5.41, 5.74) is 0.597. The first-order chi connectivity index (χ1) is 10.4. The summed E-state index contributed by atoms with van der Waals surface area (Å²) in [6, 6.07) is 5.01. The molecule has 2 aliphatic rings. The number of amides is 1. The van der Waals surface area contributed by atoms with E-state index < -0.39 is 10.0 Å². The Morgan fingerprint density at radius 1 is 1.23 bits per heavy atom. The second-order valence-electron chi connectivity index (χ2n) is 5.99. The molecule has 3 rings (SSSR count). The van der Waals surface area contributed by atoms with Crippen LogP contribution in [0.3, 0.4) is 0 Å². The van der Waals surface area contributed by atoms with Gasteiger partial charge in [0.1, 0.15) is 0 Å². The third-order valence-electron chi connectivity index (χ3n) is 4.26. The van der Waals surface area contributed by atoms with Crippen molar-refractivity contribution in [2.45, 2.75) is 41.7 Å². The number of nitrogens with one attached hydrogen (secondary N) is 1. The number of anilines is 1. The van der Waals surface area contributed by atoms with Crippen LogP contribution in [0.1, 0.15) is 26.7 Å². The van der Waals surface area contributed by atoms with Crippen molar-refractivity contribution in [2.75, 3.05) is 18.4 Å². The van der Waals surface area contributed by atoms with Crippen molar-refractivity contribution in [1.82, 2.24) is 4.31 Å². The minimum Gasteiger partial charge on any atom is -0.324 e. The number of fused-ring (bicyclic) bond motifs is 1. The molecule has 120 valence electrons. The lowest BCUT2D eigenvalue weighted by molar-refractivity contribution is -0.115. The zero-order chi connectivity index (χ0) is 15.9. The number of rotatable bonds is 2. The number of carbonyl (C=O) groups excluding carboxylic acids is 1. The topological polar surface area (TPSA) is 66.5 Å². The van der Waals surface area contributed by atoms with Gasteiger partial charge in [0.05, 0.1) is 15.8 Å². The fourth-order valence-corrected chi connectivity index (χ4v) is 5.15. The number of benzene rings is 1. The highest BCUT2D eigenvalue weighted by atomic mass is 32.2. The predicted octanol–water partition coefficient (Wildman–Crippen LogP) is 2.54. The van der Waals surface area contributed by atoms with Crippen molar-refractivity contribution in [2.24, 2.45) is 5.92 Å². The van der Waals surface area contributed by atoms with Gasteiger partial charge in [0.15, 0.2) is 0 Å². The second-order valence-corrected chi connectivity index (χ2v) is 9.31. The Morgan fingerprint density at radius 3 is 2.59 bits per heavy atom. The normalized spacial score (nSPS) is 23.9. The summed E-state index contributed by atoms with van der Waals surface area (Å²) in [4.78, 5) is 12.9. The fourth-order valence-electron chi connectivity index (χ4n) is 2.72. The Bertz CT molecular complexity index is 695. The van der Waals surface area contributed by atoms with Crippen LogP contribution in [0.4, 0.5) is 5.69 Å². The highest BCUT2D eigenvalue weighted by Gasteiger charge is 2.30. The fraction of sp³-hybridized carbons (Fsp3) is 0.533. The molecule has 1 N–H and O–H groups in total.